The second-order valence-electron chi connectivity index (χ2n) is 9.11. The fourth-order valence-corrected chi connectivity index (χ4v) is 5.19. The van der Waals surface area contributed by atoms with Crippen LogP contribution in [0.5, 0.6) is 0 Å². The molecule has 8 heteroatoms. The first-order valence-corrected chi connectivity index (χ1v) is 10.8. The SMILES string of the molecule is C=C(C(N)CN(C)C1C[C@@H](C)N(c2cccc(C(N)=O)c2)C1=O)N1C(C#N)C[C@@H]2CC21. The minimum absolute atomic E-state index is 0.0173. The van der Waals surface area contributed by atoms with Crippen molar-refractivity contribution in [3.63, 3.8) is 0 Å². The first-order valence-electron chi connectivity index (χ1n) is 10.8. The fourth-order valence-electron chi connectivity index (χ4n) is 5.19. The lowest BCUT2D eigenvalue weighted by Gasteiger charge is -2.33. The van der Waals surface area contributed by atoms with Crippen LogP contribution >= 0.6 is 0 Å². The number of hydrogen-bond acceptors (Lipinski definition) is 6. The summed E-state index contributed by atoms with van der Waals surface area (Å²) >= 11 is 0. The van der Waals surface area contributed by atoms with Gasteiger partial charge in [0.2, 0.25) is 11.8 Å². The molecule has 0 aromatic heterocycles. The van der Waals surface area contributed by atoms with Gasteiger partial charge in [0.05, 0.1) is 18.2 Å². The number of nitriles is 1. The molecule has 164 valence electrons. The topological polar surface area (TPSA) is 120 Å². The number of carbonyl (C=O) groups excluding carboxylic acids is 2. The highest BCUT2D eigenvalue weighted by Gasteiger charge is 2.53. The molecule has 2 aliphatic heterocycles. The van der Waals surface area contributed by atoms with E-state index in [-0.39, 0.29) is 30.1 Å². The number of benzene rings is 1. The van der Waals surface area contributed by atoms with E-state index in [1.54, 1.807) is 23.1 Å². The highest BCUT2D eigenvalue weighted by molar-refractivity contribution is 6.01. The van der Waals surface area contributed by atoms with Gasteiger partial charge in [-0.15, -0.1) is 0 Å². The quantitative estimate of drug-likeness (QED) is 0.677. The Bertz CT molecular complexity index is 956. The van der Waals surface area contributed by atoms with Crippen molar-refractivity contribution >= 4 is 17.5 Å². The van der Waals surface area contributed by atoms with Gasteiger partial charge in [0.25, 0.3) is 0 Å². The number of rotatable bonds is 7. The Balaban J connectivity index is 1.43. The van der Waals surface area contributed by atoms with Gasteiger partial charge in [-0.2, -0.15) is 5.26 Å². The number of likely N-dealkylation sites (tertiary alicyclic amines) is 1. The lowest BCUT2D eigenvalue weighted by Crippen LogP contribution is -2.48. The fraction of sp³-hybridized carbons (Fsp3) is 0.522. The van der Waals surface area contributed by atoms with E-state index in [0.29, 0.717) is 36.2 Å². The molecule has 2 heterocycles. The van der Waals surface area contributed by atoms with Gasteiger partial charge in [-0.3, -0.25) is 14.5 Å². The first kappa shape index (κ1) is 21.3. The molecule has 2 amide bonds. The molecule has 4 N–H and O–H groups in total. The van der Waals surface area contributed by atoms with Crippen LogP contribution < -0.4 is 16.4 Å². The van der Waals surface area contributed by atoms with Crippen molar-refractivity contribution in [1.82, 2.24) is 9.80 Å². The maximum absolute atomic E-state index is 13.3. The molecule has 0 bridgehead atoms. The predicted octanol–water partition coefficient (Wildman–Crippen LogP) is 1.04. The molecule has 4 rings (SSSR count). The summed E-state index contributed by atoms with van der Waals surface area (Å²) in [6.07, 6.45) is 2.66. The van der Waals surface area contributed by atoms with Crippen molar-refractivity contribution in [2.24, 2.45) is 17.4 Å². The number of likely N-dealkylation sites (N-methyl/N-ethyl adjacent to an activating group) is 1. The maximum Gasteiger partial charge on any atom is 0.248 e. The van der Waals surface area contributed by atoms with E-state index in [1.807, 2.05) is 24.9 Å². The van der Waals surface area contributed by atoms with Gasteiger partial charge in [-0.25, -0.2) is 0 Å². The number of nitrogens with zero attached hydrogens (tertiary/aromatic N) is 4. The van der Waals surface area contributed by atoms with E-state index in [2.05, 4.69) is 17.5 Å². The highest BCUT2D eigenvalue weighted by Crippen LogP contribution is 2.49. The number of anilines is 1. The highest BCUT2D eigenvalue weighted by atomic mass is 16.2. The summed E-state index contributed by atoms with van der Waals surface area (Å²) < 4.78 is 0. The molecular weight excluding hydrogens is 392 g/mol. The minimum Gasteiger partial charge on any atom is -0.366 e. The van der Waals surface area contributed by atoms with Gasteiger partial charge >= 0.3 is 0 Å². The van der Waals surface area contributed by atoms with Crippen LogP contribution in [-0.2, 0) is 4.79 Å². The molecule has 6 atom stereocenters. The molecule has 8 nitrogen and oxygen atoms in total. The summed E-state index contributed by atoms with van der Waals surface area (Å²) in [6, 6.07) is 8.80. The summed E-state index contributed by atoms with van der Waals surface area (Å²) in [6.45, 7) is 6.67. The summed E-state index contributed by atoms with van der Waals surface area (Å²) in [5.74, 6) is 0.0517. The molecule has 1 aliphatic carbocycles. The minimum atomic E-state index is -0.519. The van der Waals surface area contributed by atoms with Gasteiger partial charge in [-0.05, 0) is 57.4 Å². The van der Waals surface area contributed by atoms with Gasteiger partial charge in [0, 0.05) is 35.6 Å². The molecular formula is C23H30N6O2. The van der Waals surface area contributed by atoms with Gasteiger partial charge in [-0.1, -0.05) is 12.6 Å². The van der Waals surface area contributed by atoms with Crippen molar-refractivity contribution in [2.75, 3.05) is 18.5 Å². The van der Waals surface area contributed by atoms with Crippen LogP contribution in [0, 0.1) is 17.2 Å². The molecule has 3 fully saturated rings. The van der Waals surface area contributed by atoms with Crippen LogP contribution in [0.15, 0.2) is 36.5 Å². The number of nitrogens with two attached hydrogens (primary N) is 2. The smallest absolute Gasteiger partial charge is 0.248 e. The number of amides is 2. The maximum atomic E-state index is 13.3. The van der Waals surface area contributed by atoms with Gasteiger partial charge in [0.1, 0.15) is 6.04 Å². The first-order chi connectivity index (χ1) is 14.7. The standard InChI is InChI=1S/C23H30N6O2/c1-13-7-21(23(31)28(13)17-6-4-5-15(8-17)22(26)30)27(3)12-19(25)14(2)29-18(11-24)9-16-10-20(16)29/h4-6,8,13,16,18-21H,2,7,9-10,12,25H2,1,3H3,(H2,26,30)/t13-,16-,18?,19?,20?,21?/m1/s1. The van der Waals surface area contributed by atoms with Crippen molar-refractivity contribution in [3.05, 3.63) is 42.1 Å². The predicted molar refractivity (Wildman–Crippen MR) is 118 cm³/mol. The summed E-state index contributed by atoms with van der Waals surface area (Å²) in [4.78, 5) is 30.6. The summed E-state index contributed by atoms with van der Waals surface area (Å²) in [5, 5.41) is 9.45. The third-order valence-corrected chi connectivity index (χ3v) is 6.97. The Morgan fingerprint density at radius 2 is 2.13 bits per heavy atom. The van der Waals surface area contributed by atoms with Crippen molar-refractivity contribution < 1.29 is 9.59 Å². The van der Waals surface area contributed by atoms with E-state index in [4.69, 9.17) is 11.5 Å². The number of piperidine rings is 1. The molecule has 3 aliphatic rings. The number of primary amides is 1. The lowest BCUT2D eigenvalue weighted by molar-refractivity contribution is -0.121. The average Bonchev–Trinajstić information content (AvgIpc) is 3.30. The monoisotopic (exact) mass is 422 g/mol. The largest absolute Gasteiger partial charge is 0.366 e. The van der Waals surface area contributed by atoms with E-state index in [9.17, 15) is 14.9 Å². The van der Waals surface area contributed by atoms with E-state index >= 15 is 0 Å². The molecule has 1 aromatic rings. The molecule has 1 saturated carbocycles. The Labute approximate surface area is 183 Å². The molecule has 4 unspecified atom stereocenters. The number of fused-ring (bicyclic) bond motifs is 1. The van der Waals surface area contributed by atoms with Gasteiger partial charge in [0.15, 0.2) is 0 Å². The van der Waals surface area contributed by atoms with Crippen LogP contribution in [0.4, 0.5) is 5.69 Å². The van der Waals surface area contributed by atoms with Gasteiger partial charge < -0.3 is 21.3 Å². The van der Waals surface area contributed by atoms with Crippen LogP contribution in [0.1, 0.15) is 36.5 Å². The van der Waals surface area contributed by atoms with Crippen molar-refractivity contribution in [2.45, 2.75) is 56.4 Å². The van der Waals surface area contributed by atoms with Crippen molar-refractivity contribution in [1.29, 1.82) is 5.26 Å². The Morgan fingerprint density at radius 1 is 1.39 bits per heavy atom. The zero-order valence-electron chi connectivity index (χ0n) is 18.1. The Hall–Kier alpha value is -2.89. The van der Waals surface area contributed by atoms with E-state index in [0.717, 1.165) is 18.5 Å². The zero-order valence-corrected chi connectivity index (χ0v) is 18.1. The number of carbonyl (C=O) groups is 2. The number of hydrogen-bond donors (Lipinski definition) is 2. The second-order valence-corrected chi connectivity index (χ2v) is 9.11. The Kier molecular flexibility index (Phi) is 5.50. The molecule has 2 saturated heterocycles. The van der Waals surface area contributed by atoms with Crippen LogP contribution in [0.2, 0.25) is 0 Å². The molecule has 0 radical (unpaired) electrons. The zero-order chi connectivity index (χ0) is 22.4. The normalized spacial score (nSPS) is 30.3. The van der Waals surface area contributed by atoms with E-state index < -0.39 is 5.91 Å². The Morgan fingerprint density at radius 3 is 2.81 bits per heavy atom. The third kappa shape index (κ3) is 3.80. The average molecular weight is 423 g/mol. The van der Waals surface area contributed by atoms with E-state index in [1.165, 1.54) is 0 Å². The van der Waals surface area contributed by atoms with Crippen LogP contribution in [-0.4, -0.2) is 65.4 Å². The van der Waals surface area contributed by atoms with Crippen LogP contribution in [0.25, 0.3) is 0 Å². The van der Waals surface area contributed by atoms with Crippen LogP contribution in [0.3, 0.4) is 0 Å². The third-order valence-electron chi connectivity index (χ3n) is 6.97. The van der Waals surface area contributed by atoms with Crippen molar-refractivity contribution in [3.8, 4) is 6.07 Å². The second kappa shape index (κ2) is 7.98. The lowest BCUT2D eigenvalue weighted by atomic mass is 10.1. The summed E-state index contributed by atoms with van der Waals surface area (Å²) in [7, 11) is 1.90. The molecule has 31 heavy (non-hydrogen) atoms. The summed E-state index contributed by atoms with van der Waals surface area (Å²) in [5.41, 5.74) is 13.7. The molecule has 1 aromatic carbocycles. The molecule has 0 spiro atoms.